The predicted molar refractivity (Wildman–Crippen MR) is 118 cm³/mol. The van der Waals surface area contributed by atoms with Crippen molar-refractivity contribution < 1.29 is 0 Å². The molecule has 1 aromatic carbocycles. The Morgan fingerprint density at radius 3 is 2.57 bits per heavy atom. The summed E-state index contributed by atoms with van der Waals surface area (Å²) in [6.45, 7) is 2.11. The van der Waals surface area contributed by atoms with Crippen molar-refractivity contribution in [3.05, 3.63) is 97.3 Å². The minimum atomic E-state index is 0.120. The third kappa shape index (κ3) is 3.51. The first-order valence-electron chi connectivity index (χ1n) is 9.79. The Morgan fingerprint density at radius 1 is 0.833 bits per heavy atom. The molecule has 6 nitrogen and oxygen atoms in total. The molecule has 0 fully saturated rings. The van der Waals surface area contributed by atoms with Crippen LogP contribution in [0.4, 0.5) is 5.82 Å². The number of pyridine rings is 2. The van der Waals surface area contributed by atoms with Crippen LogP contribution in [0.5, 0.6) is 0 Å². The average Bonchev–Trinajstić information content (AvgIpc) is 3.24. The number of aromatic nitrogens is 5. The molecule has 1 unspecified atom stereocenters. The monoisotopic (exact) mass is 392 g/mol. The summed E-state index contributed by atoms with van der Waals surface area (Å²) in [6.07, 6.45) is 11.0. The normalized spacial score (nSPS) is 12.0. The molecule has 0 aliphatic carbocycles. The Bertz CT molecular complexity index is 1280. The third-order valence-electron chi connectivity index (χ3n) is 5.06. The Balaban J connectivity index is 1.49. The first-order chi connectivity index (χ1) is 14.8. The lowest BCUT2D eigenvalue weighted by molar-refractivity contribution is 0.871. The fraction of sp³-hybridized carbons (Fsp3) is 0.0833. The van der Waals surface area contributed by atoms with Crippen LogP contribution >= 0.6 is 0 Å². The first kappa shape index (κ1) is 18.0. The topological polar surface area (TPSA) is 68.0 Å². The van der Waals surface area contributed by atoms with Gasteiger partial charge in [0, 0.05) is 35.8 Å². The number of anilines is 1. The fourth-order valence-corrected chi connectivity index (χ4v) is 3.48. The zero-order valence-corrected chi connectivity index (χ0v) is 16.5. The summed E-state index contributed by atoms with van der Waals surface area (Å²) < 4.78 is 2.04. The van der Waals surface area contributed by atoms with Gasteiger partial charge in [-0.25, -0.2) is 9.97 Å². The summed E-state index contributed by atoms with van der Waals surface area (Å²) in [5, 5.41) is 3.43. The van der Waals surface area contributed by atoms with Gasteiger partial charge in [0.1, 0.15) is 17.2 Å². The highest BCUT2D eigenvalue weighted by atomic mass is 15.1. The molecule has 5 rings (SSSR count). The number of fused-ring (bicyclic) bond motifs is 1. The van der Waals surface area contributed by atoms with Crippen LogP contribution in [0.25, 0.3) is 28.2 Å². The van der Waals surface area contributed by atoms with Gasteiger partial charge in [-0.3, -0.25) is 14.4 Å². The van der Waals surface area contributed by atoms with Crippen LogP contribution in [0.3, 0.4) is 0 Å². The molecule has 0 aliphatic heterocycles. The van der Waals surface area contributed by atoms with Crippen molar-refractivity contribution in [2.24, 2.45) is 0 Å². The van der Waals surface area contributed by atoms with Gasteiger partial charge < -0.3 is 5.32 Å². The Labute approximate surface area is 174 Å². The molecule has 0 bridgehead atoms. The number of nitrogens with one attached hydrogen (secondary N) is 1. The average molecular weight is 392 g/mol. The highest BCUT2D eigenvalue weighted by molar-refractivity contribution is 5.67. The zero-order chi connectivity index (χ0) is 20.3. The number of hydrogen-bond acceptors (Lipinski definition) is 5. The predicted octanol–water partition coefficient (Wildman–Crippen LogP) is 5.03. The van der Waals surface area contributed by atoms with Crippen molar-refractivity contribution >= 4 is 11.5 Å². The standard InChI is InChI=1S/C24H20N6/c1-17(18-6-3-2-4-7-18)28-23-15-26-13-21(29-23)22-14-27-24-10-9-20(16-30(22)24)19-8-5-11-25-12-19/h2-17H,1H3,(H,28,29). The lowest BCUT2D eigenvalue weighted by Crippen LogP contribution is -2.08. The van der Waals surface area contributed by atoms with Gasteiger partial charge in [-0.05, 0) is 30.7 Å². The summed E-state index contributed by atoms with van der Waals surface area (Å²) in [5.74, 6) is 0.724. The Kier molecular flexibility index (Phi) is 4.65. The van der Waals surface area contributed by atoms with E-state index in [9.17, 15) is 0 Å². The fourth-order valence-electron chi connectivity index (χ4n) is 3.48. The van der Waals surface area contributed by atoms with Crippen molar-refractivity contribution in [3.8, 4) is 22.5 Å². The van der Waals surface area contributed by atoms with Gasteiger partial charge in [0.15, 0.2) is 0 Å². The van der Waals surface area contributed by atoms with Gasteiger partial charge >= 0.3 is 0 Å². The molecule has 0 saturated carbocycles. The second-order valence-corrected chi connectivity index (χ2v) is 7.10. The number of rotatable bonds is 5. The van der Waals surface area contributed by atoms with Gasteiger partial charge in [0.05, 0.1) is 24.3 Å². The molecule has 30 heavy (non-hydrogen) atoms. The van der Waals surface area contributed by atoms with Crippen LogP contribution in [-0.4, -0.2) is 24.3 Å². The minimum Gasteiger partial charge on any atom is -0.362 e. The summed E-state index contributed by atoms with van der Waals surface area (Å²) >= 11 is 0. The second kappa shape index (κ2) is 7.75. The van der Waals surface area contributed by atoms with Crippen LogP contribution in [0, 0.1) is 0 Å². The maximum atomic E-state index is 4.79. The number of imidazole rings is 1. The molecular formula is C24H20N6. The quantitative estimate of drug-likeness (QED) is 0.454. The van der Waals surface area contributed by atoms with E-state index in [4.69, 9.17) is 4.98 Å². The van der Waals surface area contributed by atoms with Gasteiger partial charge in [0.2, 0.25) is 0 Å². The highest BCUT2D eigenvalue weighted by Gasteiger charge is 2.11. The third-order valence-corrected chi connectivity index (χ3v) is 5.06. The van der Waals surface area contributed by atoms with E-state index in [-0.39, 0.29) is 6.04 Å². The molecular weight excluding hydrogens is 372 g/mol. The number of nitrogens with zero attached hydrogens (tertiary/aromatic N) is 5. The van der Waals surface area contributed by atoms with Gasteiger partial charge in [-0.1, -0.05) is 36.4 Å². The maximum absolute atomic E-state index is 4.79. The van der Waals surface area contributed by atoms with Crippen molar-refractivity contribution in [1.82, 2.24) is 24.3 Å². The minimum absolute atomic E-state index is 0.120. The van der Waals surface area contributed by atoms with Gasteiger partial charge in [-0.2, -0.15) is 0 Å². The number of hydrogen-bond donors (Lipinski definition) is 1. The van der Waals surface area contributed by atoms with Gasteiger partial charge in [-0.15, -0.1) is 0 Å². The van der Waals surface area contributed by atoms with Crippen molar-refractivity contribution in [2.45, 2.75) is 13.0 Å². The summed E-state index contributed by atoms with van der Waals surface area (Å²) in [5.41, 5.74) is 5.82. The van der Waals surface area contributed by atoms with Gasteiger partial charge in [0.25, 0.3) is 0 Å². The Morgan fingerprint density at radius 2 is 1.73 bits per heavy atom. The molecule has 146 valence electrons. The molecule has 0 aliphatic rings. The van der Waals surface area contributed by atoms with E-state index in [1.54, 1.807) is 18.6 Å². The molecule has 1 atom stereocenters. The maximum Gasteiger partial charge on any atom is 0.145 e. The SMILES string of the molecule is CC(Nc1cncc(-c2cnc3ccc(-c4cccnc4)cn23)n1)c1ccccc1. The molecule has 6 heteroatoms. The second-order valence-electron chi connectivity index (χ2n) is 7.10. The van der Waals surface area contributed by atoms with Crippen LogP contribution < -0.4 is 5.32 Å². The van der Waals surface area contributed by atoms with Crippen molar-refractivity contribution in [3.63, 3.8) is 0 Å². The van der Waals surface area contributed by atoms with Crippen molar-refractivity contribution in [1.29, 1.82) is 0 Å². The molecule has 0 saturated heterocycles. The summed E-state index contributed by atoms with van der Waals surface area (Å²) in [7, 11) is 0. The van der Waals surface area contributed by atoms with E-state index in [1.807, 2.05) is 59.3 Å². The summed E-state index contributed by atoms with van der Waals surface area (Å²) in [4.78, 5) is 17.9. The Hall–Kier alpha value is -4.06. The molecule has 0 radical (unpaired) electrons. The summed E-state index contributed by atoms with van der Waals surface area (Å²) in [6, 6.07) is 18.4. The molecule has 0 amide bonds. The van der Waals surface area contributed by atoms with Crippen LogP contribution in [-0.2, 0) is 0 Å². The molecule has 5 aromatic rings. The van der Waals surface area contributed by atoms with E-state index in [2.05, 4.69) is 45.5 Å². The molecule has 4 heterocycles. The van der Waals surface area contributed by atoms with Crippen LogP contribution in [0.2, 0.25) is 0 Å². The lowest BCUT2D eigenvalue weighted by Gasteiger charge is -2.15. The van der Waals surface area contributed by atoms with E-state index in [0.717, 1.165) is 34.0 Å². The molecule has 4 aromatic heterocycles. The largest absolute Gasteiger partial charge is 0.362 e. The highest BCUT2D eigenvalue weighted by Crippen LogP contribution is 2.25. The lowest BCUT2D eigenvalue weighted by atomic mass is 10.1. The number of benzene rings is 1. The van der Waals surface area contributed by atoms with E-state index < -0.39 is 0 Å². The van der Waals surface area contributed by atoms with E-state index in [0.29, 0.717) is 0 Å². The van der Waals surface area contributed by atoms with Crippen molar-refractivity contribution in [2.75, 3.05) is 5.32 Å². The van der Waals surface area contributed by atoms with E-state index in [1.165, 1.54) is 5.56 Å². The van der Waals surface area contributed by atoms with Crippen LogP contribution in [0.15, 0.2) is 91.8 Å². The first-order valence-corrected chi connectivity index (χ1v) is 9.79. The smallest absolute Gasteiger partial charge is 0.145 e. The van der Waals surface area contributed by atoms with Crippen LogP contribution in [0.1, 0.15) is 18.5 Å². The van der Waals surface area contributed by atoms with E-state index >= 15 is 0 Å². The zero-order valence-electron chi connectivity index (χ0n) is 16.5. The molecule has 1 N–H and O–H groups in total. The molecule has 0 spiro atoms.